The number of hydrogen-bond acceptors (Lipinski definition) is 2. The van der Waals surface area contributed by atoms with Gasteiger partial charge in [0.05, 0.1) is 5.69 Å². The van der Waals surface area contributed by atoms with Gasteiger partial charge in [0.15, 0.2) is 0 Å². The van der Waals surface area contributed by atoms with Crippen LogP contribution in [0.2, 0.25) is 0 Å². The van der Waals surface area contributed by atoms with Crippen molar-refractivity contribution in [2.75, 3.05) is 0 Å². The van der Waals surface area contributed by atoms with E-state index in [1.165, 1.54) is 37.1 Å². The Balaban J connectivity index is 1.85. The van der Waals surface area contributed by atoms with Crippen molar-refractivity contribution in [3.8, 4) is 0 Å². The Hall–Kier alpha value is -0.830. The first-order valence-electron chi connectivity index (χ1n) is 6.98. The summed E-state index contributed by atoms with van der Waals surface area (Å²) in [5, 5.41) is 4.48. The predicted molar refractivity (Wildman–Crippen MR) is 70.8 cm³/mol. The highest BCUT2D eigenvalue weighted by atomic mass is 15.3. The molecule has 1 heterocycles. The van der Waals surface area contributed by atoms with Crippen LogP contribution in [0, 0.1) is 5.92 Å². The van der Waals surface area contributed by atoms with Gasteiger partial charge in [0.25, 0.3) is 0 Å². The third kappa shape index (κ3) is 3.09. The molecule has 0 aliphatic heterocycles. The summed E-state index contributed by atoms with van der Waals surface area (Å²) < 4.78 is 2.01. The predicted octanol–water partition coefficient (Wildman–Crippen LogP) is 2.43. The molecule has 1 aliphatic carbocycles. The standard InChI is InChI=1S/C14H25N3/c1-3-12-10-13(17(2)16-12)8-9-14(15)11-6-4-5-7-11/h10-11,14H,3-9,15H2,1-2H3. The van der Waals surface area contributed by atoms with Crippen molar-refractivity contribution >= 4 is 0 Å². The summed E-state index contributed by atoms with van der Waals surface area (Å²) in [6.45, 7) is 2.15. The van der Waals surface area contributed by atoms with Gasteiger partial charge in [-0.25, -0.2) is 0 Å². The van der Waals surface area contributed by atoms with Gasteiger partial charge in [-0.3, -0.25) is 4.68 Å². The molecule has 3 heteroatoms. The first kappa shape index (κ1) is 12.6. The highest BCUT2D eigenvalue weighted by Crippen LogP contribution is 2.28. The molecule has 0 bridgehead atoms. The van der Waals surface area contributed by atoms with Gasteiger partial charge >= 0.3 is 0 Å². The van der Waals surface area contributed by atoms with Crippen LogP contribution in [0.5, 0.6) is 0 Å². The summed E-state index contributed by atoms with van der Waals surface area (Å²) >= 11 is 0. The van der Waals surface area contributed by atoms with E-state index in [2.05, 4.69) is 18.1 Å². The Morgan fingerprint density at radius 1 is 1.47 bits per heavy atom. The first-order chi connectivity index (χ1) is 8.20. The van der Waals surface area contributed by atoms with Crippen molar-refractivity contribution in [2.45, 2.75) is 57.9 Å². The van der Waals surface area contributed by atoms with Crippen LogP contribution in [0.25, 0.3) is 0 Å². The van der Waals surface area contributed by atoms with Gasteiger partial charge in [-0.1, -0.05) is 19.8 Å². The van der Waals surface area contributed by atoms with Crippen LogP contribution in [-0.4, -0.2) is 15.8 Å². The molecule has 3 nitrogen and oxygen atoms in total. The number of nitrogens with zero attached hydrogens (tertiary/aromatic N) is 2. The second-order valence-corrected chi connectivity index (χ2v) is 5.35. The summed E-state index contributed by atoms with van der Waals surface area (Å²) in [4.78, 5) is 0. The third-order valence-corrected chi connectivity index (χ3v) is 4.13. The van der Waals surface area contributed by atoms with E-state index in [0.29, 0.717) is 6.04 Å². The van der Waals surface area contributed by atoms with Crippen molar-refractivity contribution in [2.24, 2.45) is 18.7 Å². The molecule has 1 saturated carbocycles. The second kappa shape index (κ2) is 5.67. The second-order valence-electron chi connectivity index (χ2n) is 5.35. The largest absolute Gasteiger partial charge is 0.327 e. The van der Waals surface area contributed by atoms with Gasteiger partial charge < -0.3 is 5.73 Å². The van der Waals surface area contributed by atoms with E-state index >= 15 is 0 Å². The maximum atomic E-state index is 6.29. The number of aromatic nitrogens is 2. The molecular formula is C14H25N3. The van der Waals surface area contributed by atoms with Gasteiger partial charge in [0.1, 0.15) is 0 Å². The summed E-state index contributed by atoms with van der Waals surface area (Å²) in [5.41, 5.74) is 8.81. The van der Waals surface area contributed by atoms with Gasteiger partial charge in [0, 0.05) is 18.8 Å². The zero-order valence-corrected chi connectivity index (χ0v) is 11.2. The Morgan fingerprint density at radius 2 is 2.18 bits per heavy atom. The summed E-state index contributed by atoms with van der Waals surface area (Å²) in [6, 6.07) is 2.61. The number of rotatable bonds is 5. The van der Waals surface area contributed by atoms with Crippen LogP contribution >= 0.6 is 0 Å². The minimum atomic E-state index is 0.387. The zero-order chi connectivity index (χ0) is 12.3. The van der Waals surface area contributed by atoms with E-state index in [9.17, 15) is 0 Å². The lowest BCUT2D eigenvalue weighted by Crippen LogP contribution is -2.29. The molecule has 0 spiro atoms. The molecule has 17 heavy (non-hydrogen) atoms. The molecule has 1 aliphatic rings. The van der Waals surface area contributed by atoms with Crippen LogP contribution in [0.1, 0.15) is 50.4 Å². The van der Waals surface area contributed by atoms with Crippen LogP contribution in [-0.2, 0) is 19.9 Å². The Kier molecular flexibility index (Phi) is 4.21. The maximum absolute atomic E-state index is 6.29. The average molecular weight is 235 g/mol. The smallest absolute Gasteiger partial charge is 0.0624 e. The first-order valence-corrected chi connectivity index (χ1v) is 6.98. The van der Waals surface area contributed by atoms with Gasteiger partial charge in [0.2, 0.25) is 0 Å². The molecule has 1 fully saturated rings. The fourth-order valence-electron chi connectivity index (χ4n) is 2.91. The van der Waals surface area contributed by atoms with E-state index in [0.717, 1.165) is 25.2 Å². The lowest BCUT2D eigenvalue weighted by atomic mass is 9.94. The third-order valence-electron chi connectivity index (χ3n) is 4.13. The van der Waals surface area contributed by atoms with Crippen LogP contribution in [0.4, 0.5) is 0 Å². The fourth-order valence-corrected chi connectivity index (χ4v) is 2.91. The molecule has 0 amide bonds. The lowest BCUT2D eigenvalue weighted by Gasteiger charge is -2.18. The maximum Gasteiger partial charge on any atom is 0.0624 e. The molecule has 0 aromatic carbocycles. The van der Waals surface area contributed by atoms with Crippen LogP contribution in [0.3, 0.4) is 0 Å². The Labute approximate surface area is 104 Å². The van der Waals surface area contributed by atoms with E-state index < -0.39 is 0 Å². The topological polar surface area (TPSA) is 43.8 Å². The average Bonchev–Trinajstić information content (AvgIpc) is 2.95. The minimum absolute atomic E-state index is 0.387. The monoisotopic (exact) mass is 235 g/mol. The van der Waals surface area contributed by atoms with Crippen LogP contribution < -0.4 is 5.73 Å². The van der Waals surface area contributed by atoms with E-state index in [4.69, 9.17) is 5.73 Å². The molecule has 2 N–H and O–H groups in total. The molecule has 2 rings (SSSR count). The fraction of sp³-hybridized carbons (Fsp3) is 0.786. The highest BCUT2D eigenvalue weighted by molar-refractivity contribution is 5.10. The zero-order valence-electron chi connectivity index (χ0n) is 11.2. The number of hydrogen-bond donors (Lipinski definition) is 1. The number of nitrogens with two attached hydrogens (primary N) is 1. The van der Waals surface area contributed by atoms with Crippen molar-refractivity contribution in [1.82, 2.24) is 9.78 Å². The molecule has 1 aromatic rings. The van der Waals surface area contributed by atoms with Crippen molar-refractivity contribution < 1.29 is 0 Å². The van der Waals surface area contributed by atoms with Gasteiger partial charge in [-0.15, -0.1) is 0 Å². The van der Waals surface area contributed by atoms with E-state index in [1.54, 1.807) is 0 Å². The van der Waals surface area contributed by atoms with Gasteiger partial charge in [-0.2, -0.15) is 5.10 Å². The molecule has 1 aromatic heterocycles. The van der Waals surface area contributed by atoms with Crippen molar-refractivity contribution in [3.63, 3.8) is 0 Å². The quantitative estimate of drug-likeness (QED) is 0.852. The normalized spacial score (nSPS) is 18.8. The van der Waals surface area contributed by atoms with E-state index in [-0.39, 0.29) is 0 Å². The van der Waals surface area contributed by atoms with E-state index in [1.807, 2.05) is 11.7 Å². The SMILES string of the molecule is CCc1cc(CCC(N)C2CCCC2)n(C)n1. The van der Waals surface area contributed by atoms with Crippen molar-refractivity contribution in [3.05, 3.63) is 17.5 Å². The Morgan fingerprint density at radius 3 is 2.76 bits per heavy atom. The van der Waals surface area contributed by atoms with Crippen LogP contribution in [0.15, 0.2) is 6.07 Å². The molecular weight excluding hydrogens is 210 g/mol. The molecule has 1 unspecified atom stereocenters. The lowest BCUT2D eigenvalue weighted by molar-refractivity contribution is 0.407. The molecule has 1 atom stereocenters. The minimum Gasteiger partial charge on any atom is -0.327 e. The Bertz CT molecular complexity index is 350. The van der Waals surface area contributed by atoms with Crippen molar-refractivity contribution in [1.29, 1.82) is 0 Å². The molecule has 0 radical (unpaired) electrons. The summed E-state index contributed by atoms with van der Waals surface area (Å²) in [6.07, 6.45) is 8.63. The van der Waals surface area contributed by atoms with Gasteiger partial charge in [-0.05, 0) is 44.1 Å². The molecule has 0 saturated heterocycles. The highest BCUT2D eigenvalue weighted by Gasteiger charge is 2.21. The molecule has 96 valence electrons. The summed E-state index contributed by atoms with van der Waals surface area (Å²) in [5.74, 6) is 0.772. The summed E-state index contributed by atoms with van der Waals surface area (Å²) in [7, 11) is 2.04. The number of aryl methyl sites for hydroxylation is 3.